The second-order valence-corrected chi connectivity index (χ2v) is 3.35. The molecule has 2 rings (SSSR count). The van der Waals surface area contributed by atoms with Crippen molar-refractivity contribution in [3.05, 3.63) is 48.3 Å². The van der Waals surface area contributed by atoms with E-state index in [9.17, 15) is 0 Å². The Morgan fingerprint density at radius 2 is 2.00 bits per heavy atom. The number of ether oxygens (including phenoxy) is 1. The summed E-state index contributed by atoms with van der Waals surface area (Å²) >= 11 is 0. The third kappa shape index (κ3) is 1.80. The maximum Gasteiger partial charge on any atom is 0.148 e. The quantitative estimate of drug-likeness (QED) is 0.599. The van der Waals surface area contributed by atoms with Gasteiger partial charge in [-0.2, -0.15) is 0 Å². The van der Waals surface area contributed by atoms with Crippen molar-refractivity contribution >= 4 is 0 Å². The molecule has 0 aromatic rings. The first-order chi connectivity index (χ1) is 6.90. The molecule has 0 saturated heterocycles. The van der Waals surface area contributed by atoms with Crippen molar-refractivity contribution in [2.24, 2.45) is 11.8 Å². The van der Waals surface area contributed by atoms with Crippen LogP contribution < -0.4 is 0 Å². The summed E-state index contributed by atoms with van der Waals surface area (Å²) in [5, 5.41) is 0. The molecule has 0 aliphatic heterocycles. The fourth-order valence-corrected chi connectivity index (χ4v) is 1.67. The van der Waals surface area contributed by atoms with Crippen molar-refractivity contribution in [2.45, 2.75) is 0 Å². The SMILES string of the molecule is C#CCOC1=CC2C=CC=CC2C=C1. The van der Waals surface area contributed by atoms with E-state index in [0.717, 1.165) is 5.76 Å². The van der Waals surface area contributed by atoms with Gasteiger partial charge in [0.05, 0.1) is 0 Å². The third-order valence-electron chi connectivity index (χ3n) is 2.38. The number of allylic oxidation sites excluding steroid dienone is 7. The van der Waals surface area contributed by atoms with E-state index in [1.165, 1.54) is 0 Å². The third-order valence-corrected chi connectivity index (χ3v) is 2.38. The minimum absolute atomic E-state index is 0.340. The van der Waals surface area contributed by atoms with Crippen LogP contribution in [0, 0.1) is 24.2 Å². The Labute approximate surface area is 84.5 Å². The first-order valence-corrected chi connectivity index (χ1v) is 4.71. The van der Waals surface area contributed by atoms with Crippen LogP contribution in [0.15, 0.2) is 48.3 Å². The van der Waals surface area contributed by atoms with Crippen LogP contribution in [0.5, 0.6) is 0 Å². The summed E-state index contributed by atoms with van der Waals surface area (Å²) in [5.74, 6) is 4.25. The number of hydrogen-bond acceptors (Lipinski definition) is 1. The van der Waals surface area contributed by atoms with Gasteiger partial charge < -0.3 is 4.74 Å². The molecule has 0 heterocycles. The van der Waals surface area contributed by atoms with E-state index in [-0.39, 0.29) is 0 Å². The largest absolute Gasteiger partial charge is 0.481 e. The van der Waals surface area contributed by atoms with Gasteiger partial charge in [-0.25, -0.2) is 0 Å². The van der Waals surface area contributed by atoms with Crippen LogP contribution in [0.25, 0.3) is 0 Å². The molecule has 0 spiro atoms. The molecular formula is C13H12O. The molecule has 1 heteroatoms. The normalized spacial score (nSPS) is 27.8. The minimum atomic E-state index is 0.340. The van der Waals surface area contributed by atoms with Gasteiger partial charge in [0.15, 0.2) is 0 Å². The zero-order chi connectivity index (χ0) is 9.80. The van der Waals surface area contributed by atoms with Crippen molar-refractivity contribution in [3.8, 4) is 12.3 Å². The van der Waals surface area contributed by atoms with Crippen molar-refractivity contribution in [3.63, 3.8) is 0 Å². The Hall–Kier alpha value is -1.68. The molecule has 0 radical (unpaired) electrons. The Kier molecular flexibility index (Phi) is 2.55. The van der Waals surface area contributed by atoms with E-state index >= 15 is 0 Å². The lowest BCUT2D eigenvalue weighted by Crippen LogP contribution is -2.12. The Morgan fingerprint density at radius 3 is 2.79 bits per heavy atom. The van der Waals surface area contributed by atoms with E-state index in [1.807, 2.05) is 6.08 Å². The molecule has 0 saturated carbocycles. The summed E-state index contributed by atoms with van der Waals surface area (Å²) in [7, 11) is 0. The van der Waals surface area contributed by atoms with Crippen molar-refractivity contribution < 1.29 is 4.74 Å². The number of rotatable bonds is 2. The first-order valence-electron chi connectivity index (χ1n) is 4.71. The average Bonchev–Trinajstić information content (AvgIpc) is 2.26. The molecule has 1 nitrogen and oxygen atoms in total. The Balaban J connectivity index is 2.07. The molecule has 70 valence electrons. The lowest BCUT2D eigenvalue weighted by Gasteiger charge is -2.22. The van der Waals surface area contributed by atoms with Gasteiger partial charge >= 0.3 is 0 Å². The van der Waals surface area contributed by atoms with Crippen LogP contribution in [0.4, 0.5) is 0 Å². The van der Waals surface area contributed by atoms with Crippen LogP contribution in [-0.4, -0.2) is 6.61 Å². The molecule has 14 heavy (non-hydrogen) atoms. The summed E-state index contributed by atoms with van der Waals surface area (Å²) < 4.78 is 5.36. The lowest BCUT2D eigenvalue weighted by atomic mass is 9.85. The molecule has 0 aromatic heterocycles. The molecule has 0 amide bonds. The van der Waals surface area contributed by atoms with Crippen molar-refractivity contribution in [1.29, 1.82) is 0 Å². The second kappa shape index (κ2) is 4.02. The van der Waals surface area contributed by atoms with E-state index in [1.54, 1.807) is 0 Å². The lowest BCUT2D eigenvalue weighted by molar-refractivity contribution is 0.262. The predicted octanol–water partition coefficient (Wildman–Crippen LogP) is 2.45. The maximum absolute atomic E-state index is 5.36. The molecule has 2 atom stereocenters. The summed E-state index contributed by atoms with van der Waals surface area (Å²) in [6.07, 6.45) is 19.9. The van der Waals surface area contributed by atoms with Gasteiger partial charge in [-0.05, 0) is 12.2 Å². The van der Waals surface area contributed by atoms with E-state index in [4.69, 9.17) is 11.2 Å². The van der Waals surface area contributed by atoms with Crippen molar-refractivity contribution in [2.75, 3.05) is 6.61 Å². The summed E-state index contributed by atoms with van der Waals surface area (Å²) in [6, 6.07) is 0. The summed E-state index contributed by atoms with van der Waals surface area (Å²) in [5.41, 5.74) is 0. The van der Waals surface area contributed by atoms with Gasteiger partial charge in [0.25, 0.3) is 0 Å². The van der Waals surface area contributed by atoms with Gasteiger partial charge in [0, 0.05) is 11.8 Å². The molecule has 2 aliphatic rings. The van der Waals surface area contributed by atoms with E-state index < -0.39 is 0 Å². The topological polar surface area (TPSA) is 9.23 Å². The molecule has 0 N–H and O–H groups in total. The first kappa shape index (κ1) is 8.90. The summed E-state index contributed by atoms with van der Waals surface area (Å²) in [6.45, 7) is 0.340. The van der Waals surface area contributed by atoms with E-state index in [2.05, 4.69) is 42.4 Å². The highest BCUT2D eigenvalue weighted by Crippen LogP contribution is 2.28. The fraction of sp³-hybridized carbons (Fsp3) is 0.231. The Bertz CT molecular complexity index is 363. The number of fused-ring (bicyclic) bond motifs is 1. The highest BCUT2D eigenvalue weighted by atomic mass is 16.5. The van der Waals surface area contributed by atoms with Crippen LogP contribution >= 0.6 is 0 Å². The fourth-order valence-electron chi connectivity index (χ4n) is 1.67. The Morgan fingerprint density at radius 1 is 1.21 bits per heavy atom. The van der Waals surface area contributed by atoms with Crippen LogP contribution in [0.3, 0.4) is 0 Å². The van der Waals surface area contributed by atoms with Crippen LogP contribution in [-0.2, 0) is 4.74 Å². The molecule has 0 aromatic carbocycles. The molecule has 0 bridgehead atoms. The highest BCUT2D eigenvalue weighted by Gasteiger charge is 2.18. The van der Waals surface area contributed by atoms with E-state index in [0.29, 0.717) is 18.4 Å². The maximum atomic E-state index is 5.36. The number of terminal acetylenes is 1. The van der Waals surface area contributed by atoms with Crippen molar-refractivity contribution in [1.82, 2.24) is 0 Å². The highest BCUT2D eigenvalue weighted by molar-refractivity contribution is 5.31. The molecule has 2 aliphatic carbocycles. The van der Waals surface area contributed by atoms with Crippen LogP contribution in [0.1, 0.15) is 0 Å². The second-order valence-electron chi connectivity index (χ2n) is 3.35. The minimum Gasteiger partial charge on any atom is -0.481 e. The smallest absolute Gasteiger partial charge is 0.148 e. The van der Waals surface area contributed by atoms with Gasteiger partial charge in [-0.1, -0.05) is 36.3 Å². The monoisotopic (exact) mass is 184 g/mol. The molecule has 0 fully saturated rings. The molecular weight excluding hydrogens is 172 g/mol. The van der Waals surface area contributed by atoms with Gasteiger partial charge in [0.2, 0.25) is 0 Å². The van der Waals surface area contributed by atoms with Gasteiger partial charge in [0.1, 0.15) is 12.4 Å². The van der Waals surface area contributed by atoms with Gasteiger partial charge in [-0.3, -0.25) is 0 Å². The number of hydrogen-bond donors (Lipinski definition) is 0. The predicted molar refractivity (Wildman–Crippen MR) is 57.3 cm³/mol. The zero-order valence-electron chi connectivity index (χ0n) is 7.89. The van der Waals surface area contributed by atoms with Crippen LogP contribution in [0.2, 0.25) is 0 Å². The van der Waals surface area contributed by atoms with Gasteiger partial charge in [-0.15, -0.1) is 6.42 Å². The molecule has 2 unspecified atom stereocenters. The standard InChI is InChI=1S/C13H12O/c1-2-9-14-13-8-7-11-5-3-4-6-12(11)10-13/h1,3-8,10-12H,9H2. The zero-order valence-corrected chi connectivity index (χ0v) is 7.89. The summed E-state index contributed by atoms with van der Waals surface area (Å²) in [4.78, 5) is 0. The average molecular weight is 184 g/mol.